The largest absolute Gasteiger partial charge is 0.417 e. The fourth-order valence-corrected chi connectivity index (χ4v) is 4.27. The number of benzene rings is 2. The minimum absolute atomic E-state index is 0.00865. The SMILES string of the molecule is O=C(c1ccccc1C(F)(F)F)N1CCN(CC(=O)N2CCCc3ccccc32)CC1. The van der Waals surface area contributed by atoms with E-state index in [1.807, 2.05) is 34.1 Å². The Labute approximate surface area is 179 Å². The van der Waals surface area contributed by atoms with Crippen LogP contribution in [0.2, 0.25) is 0 Å². The fourth-order valence-electron chi connectivity index (χ4n) is 4.27. The first-order valence-electron chi connectivity index (χ1n) is 10.4. The zero-order valence-corrected chi connectivity index (χ0v) is 17.1. The van der Waals surface area contributed by atoms with Crippen molar-refractivity contribution in [2.45, 2.75) is 19.0 Å². The third-order valence-electron chi connectivity index (χ3n) is 5.89. The molecule has 2 aromatic rings. The number of anilines is 1. The predicted octanol–water partition coefficient (Wildman–Crippen LogP) is 3.44. The van der Waals surface area contributed by atoms with E-state index in [1.54, 1.807) is 0 Å². The number of amides is 2. The number of carbonyl (C=O) groups excluding carboxylic acids is 2. The standard InChI is InChI=1S/C23H24F3N3O2/c24-23(25,26)19-9-3-2-8-18(19)22(31)28-14-12-27(13-15-28)16-21(30)29-11-5-7-17-6-1-4-10-20(17)29/h1-4,6,8-10H,5,7,11-16H2. The quantitative estimate of drug-likeness (QED) is 0.748. The highest BCUT2D eigenvalue weighted by molar-refractivity contribution is 5.97. The summed E-state index contributed by atoms with van der Waals surface area (Å²) >= 11 is 0. The van der Waals surface area contributed by atoms with E-state index >= 15 is 0 Å². The van der Waals surface area contributed by atoms with Crippen LogP contribution in [0.5, 0.6) is 0 Å². The van der Waals surface area contributed by atoms with Gasteiger partial charge < -0.3 is 9.80 Å². The Bertz CT molecular complexity index is 969. The molecular formula is C23H24F3N3O2. The van der Waals surface area contributed by atoms with Gasteiger partial charge in [-0.25, -0.2) is 0 Å². The minimum Gasteiger partial charge on any atom is -0.336 e. The van der Waals surface area contributed by atoms with Crippen LogP contribution < -0.4 is 4.90 Å². The summed E-state index contributed by atoms with van der Waals surface area (Å²) in [5.74, 6) is -0.613. The lowest BCUT2D eigenvalue weighted by Crippen LogP contribution is -2.52. The summed E-state index contributed by atoms with van der Waals surface area (Å²) in [5, 5.41) is 0. The first-order chi connectivity index (χ1) is 14.8. The summed E-state index contributed by atoms with van der Waals surface area (Å²) in [6.07, 6.45) is -2.70. The Balaban J connectivity index is 1.37. The number of rotatable bonds is 3. The van der Waals surface area contributed by atoms with E-state index in [9.17, 15) is 22.8 Å². The molecule has 5 nitrogen and oxygen atoms in total. The normalized spacial score (nSPS) is 17.4. The molecule has 1 saturated heterocycles. The number of nitrogens with zero attached hydrogens (tertiary/aromatic N) is 3. The van der Waals surface area contributed by atoms with Gasteiger partial charge in [0, 0.05) is 38.4 Å². The highest BCUT2D eigenvalue weighted by Gasteiger charge is 2.36. The van der Waals surface area contributed by atoms with Gasteiger partial charge in [-0.1, -0.05) is 30.3 Å². The predicted molar refractivity (Wildman–Crippen MR) is 111 cm³/mol. The minimum atomic E-state index is -4.58. The zero-order chi connectivity index (χ0) is 22.0. The average molecular weight is 431 g/mol. The van der Waals surface area contributed by atoms with Gasteiger partial charge in [0.05, 0.1) is 17.7 Å². The molecule has 4 rings (SSSR count). The van der Waals surface area contributed by atoms with Gasteiger partial charge in [-0.2, -0.15) is 13.2 Å². The van der Waals surface area contributed by atoms with Crippen LogP contribution in [-0.2, 0) is 17.4 Å². The zero-order valence-electron chi connectivity index (χ0n) is 17.1. The van der Waals surface area contributed by atoms with Crippen LogP contribution in [0.4, 0.5) is 18.9 Å². The molecule has 0 saturated carbocycles. The monoisotopic (exact) mass is 431 g/mol. The van der Waals surface area contributed by atoms with E-state index in [0.29, 0.717) is 19.6 Å². The molecule has 0 bridgehead atoms. The van der Waals surface area contributed by atoms with Crippen molar-refractivity contribution in [2.24, 2.45) is 0 Å². The van der Waals surface area contributed by atoms with Gasteiger partial charge in [0.2, 0.25) is 5.91 Å². The first kappa shape index (κ1) is 21.4. The van der Waals surface area contributed by atoms with Gasteiger partial charge in [-0.05, 0) is 36.6 Å². The molecule has 31 heavy (non-hydrogen) atoms. The number of carbonyl (C=O) groups is 2. The molecule has 0 atom stereocenters. The molecule has 0 unspecified atom stereocenters. The molecule has 2 heterocycles. The molecule has 0 aliphatic carbocycles. The van der Waals surface area contributed by atoms with Crippen molar-refractivity contribution in [3.8, 4) is 0 Å². The number of hydrogen-bond acceptors (Lipinski definition) is 3. The smallest absolute Gasteiger partial charge is 0.336 e. The Morgan fingerprint density at radius 2 is 1.55 bits per heavy atom. The van der Waals surface area contributed by atoms with Crippen LogP contribution >= 0.6 is 0 Å². The Kier molecular flexibility index (Phi) is 6.00. The number of para-hydroxylation sites is 1. The van der Waals surface area contributed by atoms with Crippen LogP contribution in [-0.4, -0.2) is 60.9 Å². The van der Waals surface area contributed by atoms with E-state index in [1.165, 1.54) is 28.7 Å². The fraction of sp³-hybridized carbons (Fsp3) is 0.391. The summed E-state index contributed by atoms with van der Waals surface area (Å²) in [6, 6.07) is 12.8. The van der Waals surface area contributed by atoms with Crippen LogP contribution in [0.3, 0.4) is 0 Å². The molecule has 0 spiro atoms. The highest BCUT2D eigenvalue weighted by atomic mass is 19.4. The molecule has 0 N–H and O–H groups in total. The second-order valence-corrected chi connectivity index (χ2v) is 7.89. The van der Waals surface area contributed by atoms with E-state index in [2.05, 4.69) is 0 Å². The average Bonchev–Trinajstić information content (AvgIpc) is 2.78. The third-order valence-corrected chi connectivity index (χ3v) is 5.89. The van der Waals surface area contributed by atoms with Crippen molar-refractivity contribution in [2.75, 3.05) is 44.2 Å². The van der Waals surface area contributed by atoms with Crippen molar-refractivity contribution in [3.05, 3.63) is 65.2 Å². The maximum Gasteiger partial charge on any atom is 0.417 e. The Hall–Kier alpha value is -2.87. The number of fused-ring (bicyclic) bond motifs is 1. The van der Waals surface area contributed by atoms with Crippen molar-refractivity contribution >= 4 is 17.5 Å². The number of piperazine rings is 1. The van der Waals surface area contributed by atoms with Gasteiger partial charge in [-0.15, -0.1) is 0 Å². The number of halogens is 3. The highest BCUT2D eigenvalue weighted by Crippen LogP contribution is 2.32. The van der Waals surface area contributed by atoms with E-state index in [-0.39, 0.29) is 31.1 Å². The maximum atomic E-state index is 13.2. The molecule has 164 valence electrons. The van der Waals surface area contributed by atoms with Crippen molar-refractivity contribution in [1.82, 2.24) is 9.80 Å². The van der Waals surface area contributed by atoms with Crippen LogP contribution in [0.25, 0.3) is 0 Å². The van der Waals surface area contributed by atoms with Crippen molar-refractivity contribution < 1.29 is 22.8 Å². The third kappa shape index (κ3) is 4.58. The Morgan fingerprint density at radius 1 is 0.871 bits per heavy atom. The summed E-state index contributed by atoms with van der Waals surface area (Å²) in [4.78, 5) is 30.8. The number of hydrogen-bond donors (Lipinski definition) is 0. The Morgan fingerprint density at radius 3 is 2.29 bits per heavy atom. The summed E-state index contributed by atoms with van der Waals surface area (Å²) < 4.78 is 39.7. The van der Waals surface area contributed by atoms with Crippen LogP contribution in [0.15, 0.2) is 48.5 Å². The second-order valence-electron chi connectivity index (χ2n) is 7.89. The van der Waals surface area contributed by atoms with Gasteiger partial charge >= 0.3 is 6.18 Å². The topological polar surface area (TPSA) is 43.9 Å². The van der Waals surface area contributed by atoms with Gasteiger partial charge in [0.15, 0.2) is 0 Å². The lowest BCUT2D eigenvalue weighted by Gasteiger charge is -2.36. The summed E-state index contributed by atoms with van der Waals surface area (Å²) in [6.45, 7) is 2.38. The van der Waals surface area contributed by atoms with Crippen molar-refractivity contribution in [1.29, 1.82) is 0 Å². The molecule has 0 aromatic heterocycles. The summed E-state index contributed by atoms with van der Waals surface area (Å²) in [7, 11) is 0. The van der Waals surface area contributed by atoms with Crippen molar-refractivity contribution in [3.63, 3.8) is 0 Å². The van der Waals surface area contributed by atoms with Gasteiger partial charge in [0.25, 0.3) is 5.91 Å². The molecule has 0 radical (unpaired) electrons. The lowest BCUT2D eigenvalue weighted by molar-refractivity contribution is -0.138. The van der Waals surface area contributed by atoms with Gasteiger partial charge in [-0.3, -0.25) is 14.5 Å². The summed E-state index contributed by atoms with van der Waals surface area (Å²) in [5.41, 5.74) is 0.878. The molecule has 2 aliphatic heterocycles. The first-order valence-corrected chi connectivity index (χ1v) is 10.4. The number of alkyl halides is 3. The molecule has 8 heteroatoms. The number of aryl methyl sites for hydroxylation is 1. The van der Waals surface area contributed by atoms with Crippen LogP contribution in [0.1, 0.15) is 27.9 Å². The lowest BCUT2D eigenvalue weighted by atomic mass is 10.0. The van der Waals surface area contributed by atoms with E-state index in [4.69, 9.17) is 0 Å². The second kappa shape index (κ2) is 8.70. The molecule has 2 aliphatic rings. The van der Waals surface area contributed by atoms with Crippen LogP contribution in [0, 0.1) is 0 Å². The van der Waals surface area contributed by atoms with E-state index < -0.39 is 17.6 Å². The molecule has 2 aromatic carbocycles. The van der Waals surface area contributed by atoms with E-state index in [0.717, 1.165) is 24.6 Å². The molecule has 1 fully saturated rings. The van der Waals surface area contributed by atoms with Gasteiger partial charge in [0.1, 0.15) is 0 Å². The molecule has 2 amide bonds. The maximum absolute atomic E-state index is 13.2. The molecular weight excluding hydrogens is 407 g/mol.